The molecule has 4 nitrogen and oxygen atoms in total. The van der Waals surface area contributed by atoms with Gasteiger partial charge in [-0.2, -0.15) is 0 Å². The second kappa shape index (κ2) is 7.74. The van der Waals surface area contributed by atoms with Crippen LogP contribution >= 0.6 is 12.4 Å². The van der Waals surface area contributed by atoms with Crippen LogP contribution in [0.2, 0.25) is 0 Å². The molecule has 22 heavy (non-hydrogen) atoms. The van der Waals surface area contributed by atoms with Gasteiger partial charge in [0.05, 0.1) is 19.7 Å². The van der Waals surface area contributed by atoms with Gasteiger partial charge in [0.15, 0.2) is 0 Å². The largest absolute Gasteiger partial charge is 0.497 e. The monoisotopic (exact) mass is 334 g/mol. The van der Waals surface area contributed by atoms with E-state index in [1.54, 1.807) is 7.11 Å². The van der Waals surface area contributed by atoms with E-state index in [0.717, 1.165) is 11.3 Å². The van der Waals surface area contributed by atoms with E-state index in [0.29, 0.717) is 6.42 Å². The number of methoxy groups -OCH3 is 1. The van der Waals surface area contributed by atoms with E-state index >= 15 is 0 Å². The van der Waals surface area contributed by atoms with Crippen LogP contribution in [0.1, 0.15) is 18.9 Å². The Kier molecular flexibility index (Phi) is 6.56. The lowest BCUT2D eigenvalue weighted by atomic mass is 10.1. The highest BCUT2D eigenvalue weighted by atomic mass is 35.5. The molecule has 2 N–H and O–H groups in total. The molecule has 1 amide bonds. The predicted octanol–water partition coefficient (Wildman–Crippen LogP) is 2.16. The van der Waals surface area contributed by atoms with E-state index < -0.39 is 24.9 Å². The van der Waals surface area contributed by atoms with Gasteiger partial charge in [-0.15, -0.1) is 12.4 Å². The topological polar surface area (TPSA) is 50.4 Å². The Morgan fingerprint density at radius 2 is 2.27 bits per heavy atom. The maximum Gasteiger partial charge on any atom is 0.262 e. The number of carbonyl (C=O) groups excluding carboxylic acids is 1. The number of benzene rings is 1. The van der Waals surface area contributed by atoms with Gasteiger partial charge in [0.2, 0.25) is 5.91 Å². The average Bonchev–Trinajstić information content (AvgIpc) is 2.79. The van der Waals surface area contributed by atoms with Crippen molar-refractivity contribution in [1.29, 1.82) is 0 Å². The maximum atomic E-state index is 13.1. The van der Waals surface area contributed by atoms with Crippen molar-refractivity contribution in [2.45, 2.75) is 37.8 Å². The number of amides is 1. The summed E-state index contributed by atoms with van der Waals surface area (Å²) in [4.78, 5) is 11.9. The molecule has 124 valence electrons. The summed E-state index contributed by atoms with van der Waals surface area (Å²) >= 11 is 0. The fourth-order valence-corrected chi connectivity index (χ4v) is 2.45. The first-order valence-corrected chi connectivity index (χ1v) is 6.94. The van der Waals surface area contributed by atoms with Crippen LogP contribution in [0, 0.1) is 0 Å². The summed E-state index contributed by atoms with van der Waals surface area (Å²) in [5.41, 5.74) is 1.02. The van der Waals surface area contributed by atoms with Gasteiger partial charge in [-0.05, 0) is 31.0 Å². The molecule has 0 aliphatic carbocycles. The van der Waals surface area contributed by atoms with E-state index in [2.05, 4.69) is 10.6 Å². The number of ether oxygens (including phenoxy) is 1. The number of halogens is 3. The molecule has 0 aromatic heterocycles. The average molecular weight is 335 g/mol. The van der Waals surface area contributed by atoms with Crippen LogP contribution in [0.15, 0.2) is 24.3 Å². The van der Waals surface area contributed by atoms with Crippen molar-refractivity contribution in [1.82, 2.24) is 10.6 Å². The number of alkyl halides is 2. The van der Waals surface area contributed by atoms with Gasteiger partial charge < -0.3 is 10.1 Å². The van der Waals surface area contributed by atoms with Crippen molar-refractivity contribution in [3.63, 3.8) is 0 Å². The minimum atomic E-state index is -2.79. The first-order valence-electron chi connectivity index (χ1n) is 6.94. The highest BCUT2D eigenvalue weighted by molar-refractivity contribution is 5.85. The maximum absolute atomic E-state index is 13.1. The SMILES string of the molecule is COc1cccc(CC(C)NC(=O)C2CC(F)(F)CN2)c1.Cl. The lowest BCUT2D eigenvalue weighted by Crippen LogP contribution is -2.44. The third-order valence-electron chi connectivity index (χ3n) is 3.49. The van der Waals surface area contributed by atoms with Crippen molar-refractivity contribution in [2.75, 3.05) is 13.7 Å². The summed E-state index contributed by atoms with van der Waals surface area (Å²) in [5.74, 6) is -2.41. The first kappa shape index (κ1) is 18.6. The molecular weight excluding hydrogens is 314 g/mol. The zero-order valence-electron chi connectivity index (χ0n) is 12.6. The van der Waals surface area contributed by atoms with E-state index in [-0.39, 0.29) is 24.4 Å². The highest BCUT2D eigenvalue weighted by Crippen LogP contribution is 2.25. The van der Waals surface area contributed by atoms with E-state index in [1.165, 1.54) is 0 Å². The summed E-state index contributed by atoms with van der Waals surface area (Å²) in [6.45, 7) is 1.42. The standard InChI is InChI=1S/C15H20F2N2O2.ClH/c1-10(6-11-4-3-5-12(7-11)21-2)19-14(20)13-8-15(16,17)9-18-13;/h3-5,7,10,13,18H,6,8-9H2,1-2H3,(H,19,20);1H. The van der Waals surface area contributed by atoms with Crippen LogP contribution in [0.5, 0.6) is 5.75 Å². The normalized spacial score (nSPS) is 20.8. The minimum Gasteiger partial charge on any atom is -0.497 e. The van der Waals surface area contributed by atoms with Gasteiger partial charge >= 0.3 is 0 Å². The van der Waals surface area contributed by atoms with Gasteiger partial charge in [0, 0.05) is 12.5 Å². The van der Waals surface area contributed by atoms with Crippen LogP contribution in [0.3, 0.4) is 0 Å². The molecule has 1 aromatic carbocycles. The number of nitrogens with one attached hydrogen (secondary N) is 2. The van der Waals surface area contributed by atoms with E-state index in [9.17, 15) is 13.6 Å². The first-order chi connectivity index (χ1) is 9.89. The summed E-state index contributed by atoms with van der Waals surface area (Å²) in [7, 11) is 1.59. The Morgan fingerprint density at radius 1 is 1.55 bits per heavy atom. The molecule has 1 aliphatic heterocycles. The fourth-order valence-electron chi connectivity index (χ4n) is 2.45. The van der Waals surface area contributed by atoms with Crippen LogP contribution in [0.4, 0.5) is 8.78 Å². The predicted molar refractivity (Wildman–Crippen MR) is 82.9 cm³/mol. The number of carbonyl (C=O) groups is 1. The summed E-state index contributed by atoms with van der Waals surface area (Å²) in [6, 6.07) is 6.60. The van der Waals surface area contributed by atoms with Gasteiger partial charge in [-0.1, -0.05) is 12.1 Å². The van der Waals surface area contributed by atoms with Crippen molar-refractivity contribution >= 4 is 18.3 Å². The molecule has 1 aliphatic rings. The molecule has 2 unspecified atom stereocenters. The third-order valence-corrected chi connectivity index (χ3v) is 3.49. The molecule has 7 heteroatoms. The molecule has 0 bridgehead atoms. The molecule has 1 saturated heterocycles. The Balaban J connectivity index is 0.00000242. The lowest BCUT2D eigenvalue weighted by molar-refractivity contribution is -0.124. The lowest BCUT2D eigenvalue weighted by Gasteiger charge is -2.17. The van der Waals surface area contributed by atoms with Crippen molar-refractivity contribution in [3.8, 4) is 5.75 Å². The quantitative estimate of drug-likeness (QED) is 0.867. The van der Waals surface area contributed by atoms with E-state index in [1.807, 2.05) is 31.2 Å². The summed E-state index contributed by atoms with van der Waals surface area (Å²) < 4.78 is 31.3. The second-order valence-electron chi connectivity index (χ2n) is 5.46. The molecule has 0 spiro atoms. The number of rotatable bonds is 5. The Hall–Kier alpha value is -1.40. The molecule has 1 fully saturated rings. The molecule has 1 aromatic rings. The summed E-state index contributed by atoms with van der Waals surface area (Å²) in [5, 5.41) is 5.32. The third kappa shape index (κ3) is 5.10. The molecule has 1 heterocycles. The zero-order chi connectivity index (χ0) is 15.5. The van der Waals surface area contributed by atoms with Crippen LogP contribution in [-0.2, 0) is 11.2 Å². The van der Waals surface area contributed by atoms with Crippen molar-refractivity contribution in [2.24, 2.45) is 0 Å². The van der Waals surface area contributed by atoms with Crippen LogP contribution < -0.4 is 15.4 Å². The zero-order valence-corrected chi connectivity index (χ0v) is 13.4. The van der Waals surface area contributed by atoms with Crippen LogP contribution in [0.25, 0.3) is 0 Å². The van der Waals surface area contributed by atoms with Gasteiger partial charge in [0.1, 0.15) is 5.75 Å². The second-order valence-corrected chi connectivity index (χ2v) is 5.46. The Labute approximate surface area is 135 Å². The number of hydrogen-bond acceptors (Lipinski definition) is 3. The molecule has 2 rings (SSSR count). The highest BCUT2D eigenvalue weighted by Gasteiger charge is 2.42. The number of hydrogen-bond donors (Lipinski definition) is 2. The van der Waals surface area contributed by atoms with Crippen molar-refractivity contribution in [3.05, 3.63) is 29.8 Å². The Bertz CT molecular complexity index is 514. The van der Waals surface area contributed by atoms with E-state index in [4.69, 9.17) is 4.74 Å². The smallest absolute Gasteiger partial charge is 0.262 e. The molecule has 2 atom stereocenters. The Morgan fingerprint density at radius 3 is 2.86 bits per heavy atom. The van der Waals surface area contributed by atoms with Gasteiger partial charge in [-0.25, -0.2) is 8.78 Å². The molecular formula is C15H21ClF2N2O2. The van der Waals surface area contributed by atoms with Gasteiger partial charge in [-0.3, -0.25) is 10.1 Å². The van der Waals surface area contributed by atoms with Crippen LogP contribution in [-0.4, -0.2) is 37.6 Å². The fraction of sp³-hybridized carbons (Fsp3) is 0.533. The summed E-state index contributed by atoms with van der Waals surface area (Å²) in [6.07, 6.45) is 0.177. The van der Waals surface area contributed by atoms with Crippen molar-refractivity contribution < 1.29 is 18.3 Å². The molecule has 0 saturated carbocycles. The minimum absolute atomic E-state index is 0. The van der Waals surface area contributed by atoms with Gasteiger partial charge in [0.25, 0.3) is 5.92 Å². The molecule has 0 radical (unpaired) electrons.